The van der Waals surface area contributed by atoms with Crippen molar-refractivity contribution in [3.05, 3.63) is 66.4 Å². The molecule has 3 heterocycles. The Morgan fingerprint density at radius 2 is 2.08 bits per heavy atom. The lowest BCUT2D eigenvalue weighted by atomic mass is 9.89. The summed E-state index contributed by atoms with van der Waals surface area (Å²) in [5.74, 6) is 0.469. The molecule has 5 nitrogen and oxygen atoms in total. The molecule has 3 aromatic rings. The number of nitrogens with zero attached hydrogens (tertiary/aromatic N) is 4. The third-order valence-electron chi connectivity index (χ3n) is 4.85. The second-order valence-corrected chi connectivity index (χ2v) is 6.55. The Morgan fingerprint density at radius 1 is 1.12 bits per heavy atom. The summed E-state index contributed by atoms with van der Waals surface area (Å²) in [6.07, 6.45) is 8.02. The lowest BCUT2D eigenvalue weighted by Gasteiger charge is -2.32. The fourth-order valence-corrected chi connectivity index (χ4v) is 3.65. The molecule has 2 aromatic heterocycles. The molecular formula is C20H20N4O. The van der Waals surface area contributed by atoms with Crippen LogP contribution in [0.3, 0.4) is 0 Å². The van der Waals surface area contributed by atoms with E-state index < -0.39 is 0 Å². The third-order valence-corrected chi connectivity index (χ3v) is 4.85. The summed E-state index contributed by atoms with van der Waals surface area (Å²) in [5.41, 5.74) is 2.82. The summed E-state index contributed by atoms with van der Waals surface area (Å²) >= 11 is 0. The van der Waals surface area contributed by atoms with E-state index in [1.165, 1.54) is 17.3 Å². The number of hydrogen-bond acceptors (Lipinski definition) is 4. The molecule has 0 N–H and O–H groups in total. The van der Waals surface area contributed by atoms with E-state index >= 15 is 0 Å². The maximum absolute atomic E-state index is 12.6. The molecule has 0 unspecified atom stereocenters. The topological polar surface area (TPSA) is 59.0 Å². The van der Waals surface area contributed by atoms with Gasteiger partial charge in [0, 0.05) is 30.9 Å². The predicted octanol–water partition coefficient (Wildman–Crippen LogP) is 3.12. The van der Waals surface area contributed by atoms with Gasteiger partial charge in [0.1, 0.15) is 12.0 Å². The SMILES string of the molecule is O=C(c1ccncn1)N1CCC[C@H](Cc2cccc3ncccc23)C1. The van der Waals surface area contributed by atoms with Crippen molar-refractivity contribution < 1.29 is 4.79 Å². The van der Waals surface area contributed by atoms with Gasteiger partial charge in [0.2, 0.25) is 0 Å². The maximum Gasteiger partial charge on any atom is 0.272 e. The Labute approximate surface area is 146 Å². The highest BCUT2D eigenvalue weighted by atomic mass is 16.2. The van der Waals surface area contributed by atoms with Crippen molar-refractivity contribution in [1.82, 2.24) is 19.9 Å². The zero-order valence-corrected chi connectivity index (χ0v) is 14.0. The van der Waals surface area contributed by atoms with Crippen LogP contribution in [0.25, 0.3) is 10.9 Å². The molecule has 1 aliphatic rings. The van der Waals surface area contributed by atoms with E-state index in [0.717, 1.165) is 37.9 Å². The first-order chi connectivity index (χ1) is 12.3. The molecule has 1 aromatic carbocycles. The van der Waals surface area contributed by atoms with Crippen LogP contribution in [-0.2, 0) is 6.42 Å². The zero-order chi connectivity index (χ0) is 17.1. The third kappa shape index (κ3) is 3.36. The van der Waals surface area contributed by atoms with Gasteiger partial charge in [-0.15, -0.1) is 0 Å². The number of carbonyl (C=O) groups excluding carboxylic acids is 1. The monoisotopic (exact) mass is 332 g/mol. The first-order valence-electron chi connectivity index (χ1n) is 8.69. The van der Waals surface area contributed by atoms with Crippen molar-refractivity contribution in [3.8, 4) is 0 Å². The number of rotatable bonds is 3. The molecule has 0 bridgehead atoms. The smallest absolute Gasteiger partial charge is 0.272 e. The van der Waals surface area contributed by atoms with Crippen LogP contribution in [0.15, 0.2) is 55.1 Å². The average molecular weight is 332 g/mol. The molecule has 1 aliphatic heterocycles. The van der Waals surface area contributed by atoms with E-state index in [1.54, 1.807) is 12.3 Å². The fraction of sp³-hybridized carbons (Fsp3) is 0.300. The molecule has 0 aliphatic carbocycles. The van der Waals surface area contributed by atoms with Crippen LogP contribution in [0.4, 0.5) is 0 Å². The molecule has 25 heavy (non-hydrogen) atoms. The molecule has 0 spiro atoms. The first-order valence-corrected chi connectivity index (χ1v) is 8.69. The normalized spacial score (nSPS) is 17.6. The van der Waals surface area contributed by atoms with E-state index in [9.17, 15) is 4.79 Å². The Kier molecular flexibility index (Phi) is 4.37. The van der Waals surface area contributed by atoms with Crippen molar-refractivity contribution in [1.29, 1.82) is 0 Å². The Balaban J connectivity index is 1.51. The van der Waals surface area contributed by atoms with Gasteiger partial charge < -0.3 is 4.90 Å². The van der Waals surface area contributed by atoms with Gasteiger partial charge in [0.25, 0.3) is 5.91 Å². The van der Waals surface area contributed by atoms with Gasteiger partial charge in [-0.25, -0.2) is 9.97 Å². The Hall–Kier alpha value is -2.82. The van der Waals surface area contributed by atoms with Gasteiger partial charge in [0.05, 0.1) is 5.52 Å². The molecule has 0 saturated carbocycles. The highest BCUT2D eigenvalue weighted by Crippen LogP contribution is 2.25. The summed E-state index contributed by atoms with van der Waals surface area (Å²) < 4.78 is 0. The number of benzene rings is 1. The van der Waals surface area contributed by atoms with Crippen LogP contribution >= 0.6 is 0 Å². The summed E-state index contributed by atoms with van der Waals surface area (Å²) in [7, 11) is 0. The lowest BCUT2D eigenvalue weighted by Crippen LogP contribution is -2.40. The van der Waals surface area contributed by atoms with Gasteiger partial charge in [-0.1, -0.05) is 18.2 Å². The van der Waals surface area contributed by atoms with E-state index in [1.807, 2.05) is 23.2 Å². The second-order valence-electron chi connectivity index (χ2n) is 6.55. The van der Waals surface area contributed by atoms with E-state index in [0.29, 0.717) is 11.6 Å². The van der Waals surface area contributed by atoms with Gasteiger partial charge in [-0.3, -0.25) is 9.78 Å². The Bertz CT molecular complexity index is 876. The van der Waals surface area contributed by atoms with Gasteiger partial charge in [-0.2, -0.15) is 0 Å². The molecule has 126 valence electrons. The van der Waals surface area contributed by atoms with Crippen LogP contribution in [0.5, 0.6) is 0 Å². The van der Waals surface area contributed by atoms with Crippen LogP contribution in [0, 0.1) is 5.92 Å². The maximum atomic E-state index is 12.6. The number of likely N-dealkylation sites (tertiary alicyclic amines) is 1. The second kappa shape index (κ2) is 6.97. The van der Waals surface area contributed by atoms with Crippen molar-refractivity contribution in [2.45, 2.75) is 19.3 Å². The van der Waals surface area contributed by atoms with Crippen LogP contribution < -0.4 is 0 Å². The van der Waals surface area contributed by atoms with Gasteiger partial charge >= 0.3 is 0 Å². The fourth-order valence-electron chi connectivity index (χ4n) is 3.65. The molecule has 1 atom stereocenters. The summed E-state index contributed by atoms with van der Waals surface area (Å²) in [4.78, 5) is 27.0. The summed E-state index contributed by atoms with van der Waals surface area (Å²) in [5, 5.41) is 1.21. The molecule has 1 saturated heterocycles. The summed E-state index contributed by atoms with van der Waals surface area (Å²) in [6, 6.07) is 12.1. The van der Waals surface area contributed by atoms with Crippen LogP contribution in [0.1, 0.15) is 28.9 Å². The minimum absolute atomic E-state index is 0.00619. The lowest BCUT2D eigenvalue weighted by molar-refractivity contribution is 0.0667. The average Bonchev–Trinajstić information content (AvgIpc) is 2.69. The quantitative estimate of drug-likeness (QED) is 0.739. The number of carbonyl (C=O) groups is 1. The van der Waals surface area contributed by atoms with Crippen molar-refractivity contribution >= 4 is 16.8 Å². The minimum atomic E-state index is 0.00619. The van der Waals surface area contributed by atoms with Crippen LogP contribution in [-0.4, -0.2) is 38.8 Å². The summed E-state index contributed by atoms with van der Waals surface area (Å²) in [6.45, 7) is 1.58. The molecular weight excluding hydrogens is 312 g/mol. The standard InChI is InChI=1S/C20H20N4O/c25-20(19-8-10-21-14-23-19)24-11-3-4-15(13-24)12-16-5-1-7-18-17(16)6-2-9-22-18/h1-2,5-10,14-15H,3-4,11-13H2/t15-/m1/s1. The molecule has 1 amide bonds. The predicted molar refractivity (Wildman–Crippen MR) is 96.1 cm³/mol. The van der Waals surface area contributed by atoms with Crippen molar-refractivity contribution in [2.75, 3.05) is 13.1 Å². The molecule has 4 rings (SSSR count). The Morgan fingerprint density at radius 3 is 2.96 bits per heavy atom. The minimum Gasteiger partial charge on any atom is -0.337 e. The van der Waals surface area contributed by atoms with Gasteiger partial charge in [-0.05, 0) is 48.9 Å². The molecule has 5 heteroatoms. The zero-order valence-electron chi connectivity index (χ0n) is 14.0. The first kappa shape index (κ1) is 15.7. The van der Waals surface area contributed by atoms with Gasteiger partial charge in [0.15, 0.2) is 0 Å². The van der Waals surface area contributed by atoms with Crippen molar-refractivity contribution in [2.24, 2.45) is 5.92 Å². The number of fused-ring (bicyclic) bond motifs is 1. The molecule has 1 fully saturated rings. The van der Waals surface area contributed by atoms with E-state index in [-0.39, 0.29) is 5.91 Å². The van der Waals surface area contributed by atoms with E-state index in [4.69, 9.17) is 0 Å². The number of hydrogen-bond donors (Lipinski definition) is 0. The largest absolute Gasteiger partial charge is 0.337 e. The van der Waals surface area contributed by atoms with E-state index in [2.05, 4.69) is 33.2 Å². The number of aromatic nitrogens is 3. The number of piperidine rings is 1. The highest BCUT2D eigenvalue weighted by molar-refractivity contribution is 5.92. The van der Waals surface area contributed by atoms with Crippen LogP contribution in [0.2, 0.25) is 0 Å². The highest BCUT2D eigenvalue weighted by Gasteiger charge is 2.25. The van der Waals surface area contributed by atoms with Crippen molar-refractivity contribution in [3.63, 3.8) is 0 Å². The number of amides is 1. The number of pyridine rings is 1. The molecule has 0 radical (unpaired) electrons.